The van der Waals surface area contributed by atoms with Gasteiger partial charge in [-0.2, -0.15) is 0 Å². The molecule has 0 aliphatic carbocycles. The second-order valence-corrected chi connectivity index (χ2v) is 5.65. The summed E-state index contributed by atoms with van der Waals surface area (Å²) in [5.74, 6) is -0.528. The zero-order chi connectivity index (χ0) is 16.2. The lowest BCUT2D eigenvalue weighted by atomic mass is 10.2. The van der Waals surface area contributed by atoms with Crippen LogP contribution in [0.4, 0.5) is 5.69 Å². The Kier molecular flexibility index (Phi) is 4.11. The molecule has 0 atom stereocenters. The average Bonchev–Trinajstić information content (AvgIpc) is 3.04. The highest BCUT2D eigenvalue weighted by atomic mass is 32.1. The maximum absolute atomic E-state index is 12.1. The zero-order valence-corrected chi connectivity index (χ0v) is 12.6. The molecule has 0 spiro atoms. The second-order valence-electron chi connectivity index (χ2n) is 4.65. The van der Waals surface area contributed by atoms with Gasteiger partial charge in [-0.3, -0.25) is 10.1 Å². The van der Waals surface area contributed by atoms with Crippen LogP contribution in [-0.4, -0.2) is 10.8 Å². The maximum Gasteiger partial charge on any atom is 0.270 e. The van der Waals surface area contributed by atoms with Crippen molar-refractivity contribution in [2.75, 3.05) is 0 Å². The number of hydrogen-bond donors (Lipinski definition) is 0. The van der Waals surface area contributed by atoms with Crippen LogP contribution in [0.5, 0.6) is 0 Å². The van der Waals surface area contributed by atoms with Gasteiger partial charge in [-0.1, -0.05) is 42.5 Å². The largest absolute Gasteiger partial charge is 0.854 e. The van der Waals surface area contributed by atoms with Crippen LogP contribution in [0.1, 0.15) is 5.56 Å². The number of non-ortho nitro benzene ring substituents is 1. The molecule has 0 aliphatic rings. The third kappa shape index (κ3) is 3.41. The lowest BCUT2D eigenvalue weighted by Gasteiger charge is -2.05. The summed E-state index contributed by atoms with van der Waals surface area (Å²) >= 11 is 1.31. The van der Waals surface area contributed by atoms with Crippen LogP contribution in [0, 0.1) is 10.1 Å². The summed E-state index contributed by atoms with van der Waals surface area (Å²) in [6.07, 6.45) is 1.68. The number of nitrogens with zero attached hydrogens (tertiary/aromatic N) is 3. The smallest absolute Gasteiger partial charge is 0.270 e. The molecule has 0 N–H and O–H groups in total. The monoisotopic (exact) mass is 325 g/mol. The van der Waals surface area contributed by atoms with E-state index in [9.17, 15) is 15.2 Å². The molecule has 1 aromatic heterocycles. The first kappa shape index (κ1) is 14.9. The molecule has 3 rings (SSSR count). The molecule has 6 nitrogen and oxygen atoms in total. The van der Waals surface area contributed by atoms with Gasteiger partial charge in [0.05, 0.1) is 10.8 Å². The first-order valence-corrected chi connectivity index (χ1v) is 7.49. The van der Waals surface area contributed by atoms with E-state index in [1.807, 2.05) is 36.4 Å². The molecule has 0 unspecified atom stereocenters. The minimum atomic E-state index is -0.539. The fourth-order valence-electron chi connectivity index (χ4n) is 2.00. The molecule has 0 bridgehead atoms. The second kappa shape index (κ2) is 6.37. The summed E-state index contributed by atoms with van der Waals surface area (Å²) < 4.78 is 1.45. The first-order valence-electron chi connectivity index (χ1n) is 6.72. The molecule has 0 saturated heterocycles. The van der Waals surface area contributed by atoms with E-state index < -0.39 is 10.8 Å². The van der Waals surface area contributed by atoms with Crippen LogP contribution in [0.25, 0.3) is 10.4 Å². The maximum atomic E-state index is 12.1. The van der Waals surface area contributed by atoms with Gasteiger partial charge in [-0.25, -0.2) is 0 Å². The average molecular weight is 325 g/mol. The topological polar surface area (TPSA) is 82.4 Å². The Morgan fingerprint density at radius 1 is 1.09 bits per heavy atom. The van der Waals surface area contributed by atoms with Gasteiger partial charge in [0.25, 0.3) is 5.69 Å². The van der Waals surface area contributed by atoms with Crippen LogP contribution < -0.4 is 9.17 Å². The summed E-state index contributed by atoms with van der Waals surface area (Å²) in [5, 5.41) is 26.8. The van der Waals surface area contributed by atoms with Crippen molar-refractivity contribution in [3.05, 3.63) is 82.5 Å². The zero-order valence-electron chi connectivity index (χ0n) is 11.8. The van der Waals surface area contributed by atoms with Crippen molar-refractivity contribution < 1.29 is 14.1 Å². The number of rotatable bonds is 4. The lowest BCUT2D eigenvalue weighted by molar-refractivity contribution is -0.612. The first-order chi connectivity index (χ1) is 11.1. The molecular formula is C16H11N3O3S. The van der Waals surface area contributed by atoms with Gasteiger partial charge >= 0.3 is 0 Å². The van der Waals surface area contributed by atoms with E-state index in [1.165, 1.54) is 39.9 Å². The molecular weight excluding hydrogens is 314 g/mol. The quantitative estimate of drug-likeness (QED) is 0.242. The molecule has 0 aliphatic heterocycles. The Morgan fingerprint density at radius 3 is 2.61 bits per heavy atom. The molecule has 3 aromatic rings. The predicted octanol–water partition coefficient (Wildman–Crippen LogP) is 2.18. The summed E-state index contributed by atoms with van der Waals surface area (Å²) in [6, 6.07) is 17.1. The standard InChI is InChI=1S/C16H11N3O3S/c20-16(13-7-4-8-14(11-13)19(21)22)17-18-10-9-15(23-18)12-5-2-1-3-6-12/h1-11H. The van der Waals surface area contributed by atoms with Crippen molar-refractivity contribution in [3.63, 3.8) is 0 Å². The Bertz CT molecular complexity index is 875. The van der Waals surface area contributed by atoms with E-state index in [-0.39, 0.29) is 11.3 Å². The minimum Gasteiger partial charge on any atom is -0.854 e. The fraction of sp³-hybridized carbons (Fsp3) is 0. The third-order valence-corrected chi connectivity index (χ3v) is 4.06. The van der Waals surface area contributed by atoms with Crippen LogP contribution >= 0.6 is 11.5 Å². The van der Waals surface area contributed by atoms with Gasteiger partial charge in [0.1, 0.15) is 4.88 Å². The SMILES string of the molecule is O=[N+]([O-])c1cccc(/C([O-])=N\[n+]2ccc(-c3ccccc3)s2)c1. The van der Waals surface area contributed by atoms with E-state index in [1.54, 1.807) is 6.20 Å². The highest BCUT2D eigenvalue weighted by molar-refractivity contribution is 7.05. The molecule has 23 heavy (non-hydrogen) atoms. The van der Waals surface area contributed by atoms with Crippen molar-refractivity contribution in [2.45, 2.75) is 0 Å². The fourth-order valence-corrected chi connectivity index (χ4v) is 2.80. The van der Waals surface area contributed by atoms with E-state index in [2.05, 4.69) is 5.10 Å². The normalized spacial score (nSPS) is 11.4. The van der Waals surface area contributed by atoms with Crippen molar-refractivity contribution in [3.8, 4) is 10.4 Å². The molecule has 0 fully saturated rings. The van der Waals surface area contributed by atoms with Crippen LogP contribution in [0.15, 0.2) is 72.0 Å². The van der Waals surface area contributed by atoms with Gasteiger partial charge in [-0.15, -0.1) is 0 Å². The van der Waals surface area contributed by atoms with Crippen LogP contribution in [0.3, 0.4) is 0 Å². The van der Waals surface area contributed by atoms with E-state index in [0.717, 1.165) is 10.4 Å². The van der Waals surface area contributed by atoms with Gasteiger partial charge < -0.3 is 5.11 Å². The summed E-state index contributed by atoms with van der Waals surface area (Å²) in [7, 11) is 0. The molecule has 114 valence electrons. The lowest BCUT2D eigenvalue weighted by Crippen LogP contribution is -2.30. The summed E-state index contributed by atoms with van der Waals surface area (Å²) in [5.41, 5.74) is 1.09. The third-order valence-electron chi connectivity index (χ3n) is 3.10. The van der Waals surface area contributed by atoms with Crippen molar-refractivity contribution >= 4 is 23.1 Å². The molecule has 1 heterocycles. The van der Waals surface area contributed by atoms with Crippen molar-refractivity contribution in [1.29, 1.82) is 0 Å². The van der Waals surface area contributed by atoms with Gasteiger partial charge in [-0.05, 0) is 11.1 Å². The van der Waals surface area contributed by atoms with Gasteiger partial charge in [0.2, 0.25) is 6.20 Å². The Labute approximate surface area is 135 Å². The molecule has 7 heteroatoms. The number of nitro groups is 1. The molecule has 0 saturated carbocycles. The number of hydrogen-bond acceptors (Lipinski definition) is 5. The Morgan fingerprint density at radius 2 is 1.87 bits per heavy atom. The molecule has 0 radical (unpaired) electrons. The number of aromatic nitrogens is 1. The van der Waals surface area contributed by atoms with E-state index in [0.29, 0.717) is 0 Å². The van der Waals surface area contributed by atoms with Gasteiger partial charge in [0, 0.05) is 27.4 Å². The summed E-state index contributed by atoms with van der Waals surface area (Å²) in [4.78, 5) is 11.2. The Balaban J connectivity index is 1.88. The highest BCUT2D eigenvalue weighted by Gasteiger charge is 2.10. The predicted molar refractivity (Wildman–Crippen MR) is 85.0 cm³/mol. The van der Waals surface area contributed by atoms with Crippen LogP contribution in [0.2, 0.25) is 0 Å². The molecule has 0 amide bonds. The van der Waals surface area contributed by atoms with Crippen LogP contribution in [-0.2, 0) is 0 Å². The highest BCUT2D eigenvalue weighted by Crippen LogP contribution is 2.21. The van der Waals surface area contributed by atoms with Crippen molar-refractivity contribution in [2.24, 2.45) is 5.10 Å². The Hall–Kier alpha value is -3.06. The number of benzene rings is 2. The van der Waals surface area contributed by atoms with E-state index in [4.69, 9.17) is 0 Å². The van der Waals surface area contributed by atoms with Gasteiger partial charge in [0.15, 0.2) is 11.5 Å². The summed E-state index contributed by atoms with van der Waals surface area (Å²) in [6.45, 7) is 0. The minimum absolute atomic E-state index is 0.132. The van der Waals surface area contributed by atoms with Crippen molar-refractivity contribution in [1.82, 2.24) is 0 Å². The molecule has 2 aromatic carbocycles. The number of nitro benzene ring substituents is 1. The van der Waals surface area contributed by atoms with E-state index >= 15 is 0 Å².